The molecule has 0 unspecified atom stereocenters. The summed E-state index contributed by atoms with van der Waals surface area (Å²) in [6.07, 6.45) is 1.54. The molecule has 0 saturated carbocycles. The van der Waals surface area contributed by atoms with E-state index in [1.165, 1.54) is 30.5 Å². The summed E-state index contributed by atoms with van der Waals surface area (Å²) in [6, 6.07) is 8.50. The van der Waals surface area contributed by atoms with Crippen LogP contribution in [0, 0.1) is 5.82 Å². The van der Waals surface area contributed by atoms with Crippen LogP contribution in [0.2, 0.25) is 5.15 Å². The van der Waals surface area contributed by atoms with Gasteiger partial charge in [0.25, 0.3) is 5.91 Å². The normalized spacial score (nSPS) is 14.3. The molecular weight excluding hydrogens is 347 g/mol. The van der Waals surface area contributed by atoms with Crippen LogP contribution in [0.5, 0.6) is 0 Å². The summed E-state index contributed by atoms with van der Waals surface area (Å²) in [6.45, 7) is 1.61. The molecule has 130 valence electrons. The molecule has 1 N–H and O–H groups in total. The predicted molar refractivity (Wildman–Crippen MR) is 92.1 cm³/mol. The number of hydrogen-bond donors (Lipinski definition) is 1. The van der Waals surface area contributed by atoms with Gasteiger partial charge in [-0.3, -0.25) is 4.79 Å². The average Bonchev–Trinajstić information content (AvgIpc) is 2.64. The summed E-state index contributed by atoms with van der Waals surface area (Å²) in [5.74, 6) is -0.553. The molecule has 0 aliphatic carbocycles. The highest BCUT2D eigenvalue weighted by atomic mass is 35.5. The maximum absolute atomic E-state index is 12.9. The van der Waals surface area contributed by atoms with Crippen molar-refractivity contribution in [1.29, 1.82) is 0 Å². The van der Waals surface area contributed by atoms with Crippen LogP contribution >= 0.6 is 11.6 Å². The first kappa shape index (κ1) is 17.2. The molecule has 0 spiro atoms. The number of amides is 3. The summed E-state index contributed by atoms with van der Waals surface area (Å²) in [5, 5.41) is 2.93. The third-order valence-corrected chi connectivity index (χ3v) is 4.25. The minimum atomic E-state index is -0.382. The number of rotatable bonds is 2. The number of nitrogens with one attached hydrogen (secondary N) is 1. The van der Waals surface area contributed by atoms with E-state index in [0.29, 0.717) is 37.4 Å². The third-order valence-electron chi connectivity index (χ3n) is 3.95. The molecule has 1 aliphatic rings. The number of aromatic nitrogens is 1. The lowest BCUT2D eigenvalue weighted by molar-refractivity contribution is 0.0671. The molecule has 2 heterocycles. The van der Waals surface area contributed by atoms with E-state index >= 15 is 0 Å². The van der Waals surface area contributed by atoms with Crippen LogP contribution in [0.15, 0.2) is 42.6 Å². The Bertz CT molecular complexity index is 776. The van der Waals surface area contributed by atoms with Crippen molar-refractivity contribution in [2.45, 2.75) is 0 Å². The third kappa shape index (κ3) is 4.06. The van der Waals surface area contributed by atoms with Crippen molar-refractivity contribution >= 4 is 29.2 Å². The van der Waals surface area contributed by atoms with E-state index in [4.69, 9.17) is 11.6 Å². The van der Waals surface area contributed by atoms with Crippen molar-refractivity contribution in [3.8, 4) is 0 Å². The summed E-state index contributed by atoms with van der Waals surface area (Å²) >= 11 is 5.93. The Morgan fingerprint density at radius 2 is 1.68 bits per heavy atom. The molecule has 3 rings (SSSR count). The highest BCUT2D eigenvalue weighted by Crippen LogP contribution is 2.18. The maximum Gasteiger partial charge on any atom is 0.322 e. The van der Waals surface area contributed by atoms with Gasteiger partial charge in [0.1, 0.15) is 5.82 Å². The number of hydrogen-bond acceptors (Lipinski definition) is 3. The zero-order chi connectivity index (χ0) is 17.8. The van der Waals surface area contributed by atoms with E-state index < -0.39 is 0 Å². The number of pyridine rings is 1. The van der Waals surface area contributed by atoms with Crippen molar-refractivity contribution in [3.05, 3.63) is 59.1 Å². The molecule has 25 heavy (non-hydrogen) atoms. The second-order valence-electron chi connectivity index (χ2n) is 5.56. The highest BCUT2D eigenvalue weighted by molar-refractivity contribution is 6.32. The number of urea groups is 1. The van der Waals surface area contributed by atoms with Gasteiger partial charge in [0, 0.05) is 37.9 Å². The summed E-state index contributed by atoms with van der Waals surface area (Å²) < 4.78 is 12.9. The maximum atomic E-state index is 12.9. The summed E-state index contributed by atoms with van der Waals surface area (Å²) in [7, 11) is 0. The predicted octanol–water partition coefficient (Wildman–Crippen LogP) is 2.86. The zero-order valence-corrected chi connectivity index (χ0v) is 14.0. The number of anilines is 1. The van der Waals surface area contributed by atoms with Crippen LogP contribution in [0.3, 0.4) is 0 Å². The number of carbonyl (C=O) groups is 2. The van der Waals surface area contributed by atoms with Gasteiger partial charge in [0.15, 0.2) is 5.15 Å². The second kappa shape index (κ2) is 7.48. The number of halogens is 2. The fourth-order valence-electron chi connectivity index (χ4n) is 2.56. The smallest absolute Gasteiger partial charge is 0.322 e. The highest BCUT2D eigenvalue weighted by Gasteiger charge is 2.25. The summed E-state index contributed by atoms with van der Waals surface area (Å²) in [4.78, 5) is 31.8. The van der Waals surface area contributed by atoms with Crippen molar-refractivity contribution < 1.29 is 14.0 Å². The number of benzene rings is 1. The quantitative estimate of drug-likeness (QED) is 0.835. The Balaban J connectivity index is 1.56. The van der Waals surface area contributed by atoms with Crippen molar-refractivity contribution in [3.63, 3.8) is 0 Å². The van der Waals surface area contributed by atoms with E-state index in [9.17, 15) is 14.0 Å². The number of nitrogens with zero attached hydrogens (tertiary/aromatic N) is 3. The lowest BCUT2D eigenvalue weighted by Crippen LogP contribution is -2.51. The zero-order valence-electron chi connectivity index (χ0n) is 13.3. The van der Waals surface area contributed by atoms with Gasteiger partial charge in [0.2, 0.25) is 0 Å². The monoisotopic (exact) mass is 362 g/mol. The number of carbonyl (C=O) groups excluding carboxylic acids is 2. The molecule has 0 atom stereocenters. The first-order chi connectivity index (χ1) is 12.0. The van der Waals surface area contributed by atoms with Gasteiger partial charge in [-0.1, -0.05) is 11.6 Å². The van der Waals surface area contributed by atoms with E-state index in [1.54, 1.807) is 21.9 Å². The van der Waals surface area contributed by atoms with Crippen LogP contribution in [-0.2, 0) is 0 Å². The molecule has 1 fully saturated rings. The molecule has 1 aromatic carbocycles. The van der Waals surface area contributed by atoms with Gasteiger partial charge in [-0.15, -0.1) is 0 Å². The Kier molecular flexibility index (Phi) is 5.14. The topological polar surface area (TPSA) is 65.5 Å². The standard InChI is InChI=1S/C17H16ClFN4O2/c18-15-14(2-1-7-20-15)21-17(25)23-10-8-22(9-11-23)16(24)12-3-5-13(19)6-4-12/h1-7H,8-11H2,(H,21,25). The van der Waals surface area contributed by atoms with Crippen molar-refractivity contribution in [2.75, 3.05) is 31.5 Å². The lowest BCUT2D eigenvalue weighted by atomic mass is 10.2. The van der Waals surface area contributed by atoms with Gasteiger partial charge in [-0.05, 0) is 36.4 Å². The second-order valence-corrected chi connectivity index (χ2v) is 5.92. The van der Waals surface area contributed by atoms with Crippen molar-refractivity contribution in [1.82, 2.24) is 14.8 Å². The lowest BCUT2D eigenvalue weighted by Gasteiger charge is -2.34. The molecule has 0 radical (unpaired) electrons. The van der Waals surface area contributed by atoms with Gasteiger partial charge < -0.3 is 15.1 Å². The SMILES string of the molecule is O=C(Nc1cccnc1Cl)N1CCN(C(=O)c2ccc(F)cc2)CC1. The van der Waals surface area contributed by atoms with Crippen molar-refractivity contribution in [2.24, 2.45) is 0 Å². The molecule has 1 aromatic heterocycles. The molecule has 8 heteroatoms. The van der Waals surface area contributed by atoms with Gasteiger partial charge >= 0.3 is 6.03 Å². The minimum Gasteiger partial charge on any atom is -0.335 e. The minimum absolute atomic E-state index is 0.171. The van der Waals surface area contributed by atoms with E-state index in [2.05, 4.69) is 10.3 Å². The molecule has 2 aromatic rings. The molecule has 6 nitrogen and oxygen atoms in total. The van der Waals surface area contributed by atoms with E-state index in [0.717, 1.165) is 0 Å². The summed E-state index contributed by atoms with van der Waals surface area (Å²) in [5.41, 5.74) is 0.875. The van der Waals surface area contributed by atoms with Crippen LogP contribution in [0.4, 0.5) is 14.9 Å². The molecular formula is C17H16ClFN4O2. The van der Waals surface area contributed by atoms with Gasteiger partial charge in [-0.25, -0.2) is 14.2 Å². The van der Waals surface area contributed by atoms with E-state index in [-0.39, 0.29) is 22.9 Å². The molecule has 3 amide bonds. The Morgan fingerprint density at radius 3 is 2.32 bits per heavy atom. The van der Waals surface area contributed by atoms with Crippen LogP contribution in [-0.4, -0.2) is 52.9 Å². The Hall–Kier alpha value is -2.67. The molecule has 0 bridgehead atoms. The first-order valence-corrected chi connectivity index (χ1v) is 8.13. The van der Waals surface area contributed by atoms with E-state index in [1.807, 2.05) is 0 Å². The fraction of sp³-hybridized carbons (Fsp3) is 0.235. The largest absolute Gasteiger partial charge is 0.335 e. The number of piperazine rings is 1. The van der Waals surface area contributed by atoms with Gasteiger partial charge in [-0.2, -0.15) is 0 Å². The first-order valence-electron chi connectivity index (χ1n) is 7.76. The average molecular weight is 363 g/mol. The molecule has 1 aliphatic heterocycles. The van der Waals surface area contributed by atoms with Gasteiger partial charge in [0.05, 0.1) is 5.69 Å². The fourth-order valence-corrected chi connectivity index (χ4v) is 2.73. The van der Waals surface area contributed by atoms with Crippen LogP contribution in [0.1, 0.15) is 10.4 Å². The Morgan fingerprint density at radius 1 is 1.04 bits per heavy atom. The Labute approximate surface area is 149 Å². The van der Waals surface area contributed by atoms with Crippen LogP contribution < -0.4 is 5.32 Å². The van der Waals surface area contributed by atoms with Crippen LogP contribution in [0.25, 0.3) is 0 Å². The molecule has 1 saturated heterocycles.